The standard InChI is InChI=1S/C20H32ClN3O4/c21-19-14-13-18(17-23-19)20(25)22-15-11-9-7-5-3-1-2-4-6-8-10-12-16-28-24(26)27/h13-14,17H,1-12,15-16H2,(H,22,25). The van der Waals surface area contributed by atoms with Gasteiger partial charge in [0.25, 0.3) is 11.0 Å². The Balaban J connectivity index is 1.80. The first kappa shape index (κ1) is 24.1. The molecule has 1 aromatic rings. The van der Waals surface area contributed by atoms with Crippen LogP contribution in [0.15, 0.2) is 18.3 Å². The molecule has 0 saturated carbocycles. The van der Waals surface area contributed by atoms with Crippen molar-refractivity contribution >= 4 is 17.5 Å². The number of halogens is 1. The lowest BCUT2D eigenvalue weighted by Gasteiger charge is -2.05. The predicted molar refractivity (Wildman–Crippen MR) is 110 cm³/mol. The maximum Gasteiger partial charge on any atom is 0.294 e. The van der Waals surface area contributed by atoms with Crippen LogP contribution in [0.5, 0.6) is 0 Å². The summed E-state index contributed by atoms with van der Waals surface area (Å²) in [6.45, 7) is 0.906. The van der Waals surface area contributed by atoms with E-state index in [1.165, 1.54) is 51.1 Å². The lowest BCUT2D eigenvalue weighted by atomic mass is 10.1. The number of pyridine rings is 1. The Hall–Kier alpha value is -1.89. The van der Waals surface area contributed by atoms with Crippen LogP contribution in [-0.4, -0.2) is 29.1 Å². The Morgan fingerprint density at radius 2 is 1.50 bits per heavy atom. The Morgan fingerprint density at radius 1 is 0.964 bits per heavy atom. The number of hydrogen-bond acceptors (Lipinski definition) is 5. The molecule has 0 saturated heterocycles. The molecule has 0 aromatic carbocycles. The number of carbonyl (C=O) groups is 1. The monoisotopic (exact) mass is 413 g/mol. The van der Waals surface area contributed by atoms with Gasteiger partial charge >= 0.3 is 0 Å². The molecule has 0 aliphatic heterocycles. The molecule has 0 atom stereocenters. The fraction of sp³-hybridized carbons (Fsp3) is 0.700. The van der Waals surface area contributed by atoms with Gasteiger partial charge in [-0.15, -0.1) is 10.1 Å². The van der Waals surface area contributed by atoms with Gasteiger partial charge in [-0.25, -0.2) is 4.98 Å². The molecule has 1 N–H and O–H groups in total. The van der Waals surface area contributed by atoms with Crippen LogP contribution >= 0.6 is 11.6 Å². The molecule has 28 heavy (non-hydrogen) atoms. The third kappa shape index (κ3) is 13.3. The number of rotatable bonds is 17. The van der Waals surface area contributed by atoms with Crippen LogP contribution in [0.2, 0.25) is 5.15 Å². The summed E-state index contributed by atoms with van der Waals surface area (Å²) < 4.78 is 0. The molecule has 158 valence electrons. The molecular weight excluding hydrogens is 382 g/mol. The van der Waals surface area contributed by atoms with Gasteiger partial charge in [-0.1, -0.05) is 75.8 Å². The minimum Gasteiger partial charge on any atom is -0.352 e. The van der Waals surface area contributed by atoms with E-state index in [1.54, 1.807) is 12.1 Å². The van der Waals surface area contributed by atoms with E-state index in [0.717, 1.165) is 32.1 Å². The third-order valence-corrected chi connectivity index (χ3v) is 4.77. The zero-order valence-electron chi connectivity index (χ0n) is 16.5. The van der Waals surface area contributed by atoms with Crippen LogP contribution in [0.1, 0.15) is 87.4 Å². The van der Waals surface area contributed by atoms with Crippen molar-refractivity contribution in [2.45, 2.75) is 77.0 Å². The quantitative estimate of drug-likeness (QED) is 0.161. The molecule has 0 bridgehead atoms. The van der Waals surface area contributed by atoms with Crippen LogP contribution in [0, 0.1) is 10.1 Å². The number of amides is 1. The van der Waals surface area contributed by atoms with Crippen LogP contribution < -0.4 is 5.32 Å². The van der Waals surface area contributed by atoms with Gasteiger partial charge < -0.3 is 10.2 Å². The summed E-state index contributed by atoms with van der Waals surface area (Å²) in [6, 6.07) is 3.29. The van der Waals surface area contributed by atoms with E-state index in [9.17, 15) is 14.9 Å². The second-order valence-corrected chi connectivity index (χ2v) is 7.31. The SMILES string of the molecule is O=C(NCCCCCCCCCCCCCCO[N+](=O)[O-])c1ccc(Cl)nc1. The highest BCUT2D eigenvalue weighted by Crippen LogP contribution is 2.12. The van der Waals surface area contributed by atoms with E-state index < -0.39 is 5.09 Å². The highest BCUT2D eigenvalue weighted by molar-refractivity contribution is 6.29. The van der Waals surface area contributed by atoms with E-state index in [4.69, 9.17) is 11.6 Å². The maximum absolute atomic E-state index is 11.9. The lowest BCUT2D eigenvalue weighted by molar-refractivity contribution is -0.757. The molecule has 1 heterocycles. The third-order valence-electron chi connectivity index (χ3n) is 4.54. The topological polar surface area (TPSA) is 94.4 Å². The van der Waals surface area contributed by atoms with Crippen LogP contribution in [0.25, 0.3) is 0 Å². The first-order valence-corrected chi connectivity index (χ1v) is 10.6. The van der Waals surface area contributed by atoms with E-state index >= 15 is 0 Å². The van der Waals surface area contributed by atoms with E-state index in [2.05, 4.69) is 15.1 Å². The number of nitrogens with one attached hydrogen (secondary N) is 1. The molecule has 8 heteroatoms. The lowest BCUT2D eigenvalue weighted by Crippen LogP contribution is -2.24. The van der Waals surface area contributed by atoms with E-state index in [-0.39, 0.29) is 12.5 Å². The van der Waals surface area contributed by atoms with Gasteiger partial charge in [0.2, 0.25) is 0 Å². The Kier molecular flexibility index (Phi) is 13.9. The molecule has 1 rings (SSSR count). The predicted octanol–water partition coefficient (Wildman–Crippen LogP) is 5.35. The Morgan fingerprint density at radius 3 is 2.00 bits per heavy atom. The molecule has 0 unspecified atom stereocenters. The summed E-state index contributed by atoms with van der Waals surface area (Å²) in [6.07, 6.45) is 15.2. The minimum absolute atomic E-state index is 0.102. The molecule has 1 amide bonds. The average Bonchev–Trinajstić information content (AvgIpc) is 2.67. The van der Waals surface area contributed by atoms with E-state index in [0.29, 0.717) is 17.3 Å². The second-order valence-electron chi connectivity index (χ2n) is 6.92. The van der Waals surface area contributed by atoms with E-state index in [1.807, 2.05) is 0 Å². The van der Waals surface area contributed by atoms with Crippen LogP contribution in [-0.2, 0) is 4.84 Å². The van der Waals surface area contributed by atoms with Crippen molar-refractivity contribution in [1.82, 2.24) is 10.3 Å². The zero-order valence-corrected chi connectivity index (χ0v) is 17.3. The molecule has 0 aliphatic carbocycles. The fourth-order valence-electron chi connectivity index (χ4n) is 2.95. The Labute approximate surface area is 172 Å². The molecule has 1 aromatic heterocycles. The maximum atomic E-state index is 11.9. The van der Waals surface area contributed by atoms with Crippen molar-refractivity contribution in [2.75, 3.05) is 13.2 Å². The molecular formula is C20H32ClN3O4. The molecule has 0 spiro atoms. The van der Waals surface area contributed by atoms with Gasteiger partial charge in [-0.2, -0.15) is 0 Å². The zero-order chi connectivity index (χ0) is 20.5. The van der Waals surface area contributed by atoms with Crippen LogP contribution in [0.3, 0.4) is 0 Å². The summed E-state index contributed by atoms with van der Waals surface area (Å²) in [5.74, 6) is -0.102. The molecule has 7 nitrogen and oxygen atoms in total. The van der Waals surface area contributed by atoms with Gasteiger partial charge in [0.1, 0.15) is 5.15 Å². The normalized spacial score (nSPS) is 10.6. The largest absolute Gasteiger partial charge is 0.352 e. The minimum atomic E-state index is -0.727. The molecule has 0 fully saturated rings. The molecule has 0 radical (unpaired) electrons. The van der Waals surface area contributed by atoms with Crippen molar-refractivity contribution in [2.24, 2.45) is 0 Å². The summed E-state index contributed by atoms with van der Waals surface area (Å²) in [5, 5.41) is 12.5. The molecule has 0 aliphatic rings. The summed E-state index contributed by atoms with van der Waals surface area (Å²) in [7, 11) is 0. The smallest absolute Gasteiger partial charge is 0.294 e. The van der Waals surface area contributed by atoms with Crippen molar-refractivity contribution in [3.05, 3.63) is 39.2 Å². The van der Waals surface area contributed by atoms with Gasteiger partial charge in [0.15, 0.2) is 0 Å². The van der Waals surface area contributed by atoms with Crippen molar-refractivity contribution in [3.8, 4) is 0 Å². The highest BCUT2D eigenvalue weighted by Gasteiger charge is 2.04. The second kappa shape index (κ2) is 16.1. The summed E-state index contributed by atoms with van der Waals surface area (Å²) in [4.78, 5) is 30.1. The number of nitrogens with zero attached hydrogens (tertiary/aromatic N) is 2. The van der Waals surface area contributed by atoms with Gasteiger partial charge in [0.05, 0.1) is 12.2 Å². The van der Waals surface area contributed by atoms with Crippen LogP contribution in [0.4, 0.5) is 0 Å². The number of hydrogen-bond donors (Lipinski definition) is 1. The fourth-order valence-corrected chi connectivity index (χ4v) is 3.06. The highest BCUT2D eigenvalue weighted by atomic mass is 35.5. The first-order chi connectivity index (χ1) is 13.6. The number of aromatic nitrogens is 1. The Bertz CT molecular complexity index is 555. The van der Waals surface area contributed by atoms with Gasteiger partial charge in [-0.05, 0) is 25.0 Å². The summed E-state index contributed by atoms with van der Waals surface area (Å²) in [5.41, 5.74) is 0.536. The van der Waals surface area contributed by atoms with Crippen molar-refractivity contribution < 1.29 is 14.7 Å². The number of unbranched alkanes of at least 4 members (excludes halogenated alkanes) is 11. The van der Waals surface area contributed by atoms with Gasteiger partial charge in [-0.3, -0.25) is 4.79 Å². The van der Waals surface area contributed by atoms with Crippen molar-refractivity contribution in [3.63, 3.8) is 0 Å². The average molecular weight is 414 g/mol. The summed E-state index contributed by atoms with van der Waals surface area (Å²) >= 11 is 5.71. The number of carbonyl (C=O) groups excluding carboxylic acids is 1. The first-order valence-electron chi connectivity index (χ1n) is 10.3. The van der Waals surface area contributed by atoms with Gasteiger partial charge in [0, 0.05) is 12.7 Å². The van der Waals surface area contributed by atoms with Crippen molar-refractivity contribution in [1.29, 1.82) is 0 Å².